The average molecular weight is 352 g/mol. The molecule has 0 radical (unpaired) electrons. The topological polar surface area (TPSA) is 61.8 Å². The SMILES string of the molecule is COC(=O)C(C)Oc1ccc2c(c1C)O/C(=C\c1cccc(C)c1)C2=O. The molecule has 2 aromatic carbocycles. The minimum Gasteiger partial charge on any atom is -0.479 e. The van der Waals surface area contributed by atoms with Crippen LogP contribution in [-0.4, -0.2) is 25.0 Å². The Bertz CT molecular complexity index is 911. The van der Waals surface area contributed by atoms with E-state index in [1.165, 1.54) is 7.11 Å². The van der Waals surface area contributed by atoms with Gasteiger partial charge in [-0.2, -0.15) is 0 Å². The third-order valence-electron chi connectivity index (χ3n) is 4.21. The van der Waals surface area contributed by atoms with Crippen LogP contribution in [0.15, 0.2) is 42.2 Å². The van der Waals surface area contributed by atoms with Crippen LogP contribution < -0.4 is 9.47 Å². The van der Waals surface area contributed by atoms with Crippen molar-refractivity contribution < 1.29 is 23.8 Å². The molecule has 3 rings (SSSR count). The Morgan fingerprint density at radius 3 is 2.65 bits per heavy atom. The van der Waals surface area contributed by atoms with E-state index in [-0.39, 0.29) is 11.5 Å². The number of Topliss-reactive ketones (excluding diaryl/α,β-unsaturated/α-hetero) is 1. The smallest absolute Gasteiger partial charge is 0.346 e. The Balaban J connectivity index is 1.90. The van der Waals surface area contributed by atoms with Gasteiger partial charge in [0.2, 0.25) is 5.78 Å². The summed E-state index contributed by atoms with van der Waals surface area (Å²) in [5.74, 6) is 0.570. The number of methoxy groups -OCH3 is 1. The van der Waals surface area contributed by atoms with Crippen LogP contribution in [0.25, 0.3) is 6.08 Å². The number of hydrogen-bond acceptors (Lipinski definition) is 5. The fourth-order valence-electron chi connectivity index (χ4n) is 2.81. The molecule has 1 unspecified atom stereocenters. The molecule has 0 amide bonds. The Labute approximate surface area is 152 Å². The molecule has 0 saturated heterocycles. The second-order valence-corrected chi connectivity index (χ2v) is 6.20. The summed E-state index contributed by atoms with van der Waals surface area (Å²) in [6.45, 7) is 5.39. The highest BCUT2D eigenvalue weighted by atomic mass is 16.6. The Kier molecular flexibility index (Phi) is 4.80. The zero-order valence-corrected chi connectivity index (χ0v) is 15.2. The molecule has 5 nitrogen and oxygen atoms in total. The Hall–Kier alpha value is -3.08. The van der Waals surface area contributed by atoms with Crippen LogP contribution in [0.5, 0.6) is 11.5 Å². The number of carbonyl (C=O) groups is 2. The molecular weight excluding hydrogens is 332 g/mol. The zero-order chi connectivity index (χ0) is 18.8. The van der Waals surface area contributed by atoms with Gasteiger partial charge in [0.25, 0.3) is 0 Å². The number of hydrogen-bond donors (Lipinski definition) is 0. The van der Waals surface area contributed by atoms with Crippen LogP contribution in [0.2, 0.25) is 0 Å². The molecule has 0 saturated carbocycles. The number of ether oxygens (including phenoxy) is 3. The number of allylic oxidation sites excluding steroid dienone is 1. The average Bonchev–Trinajstić information content (AvgIpc) is 2.93. The van der Waals surface area contributed by atoms with Gasteiger partial charge < -0.3 is 14.2 Å². The summed E-state index contributed by atoms with van der Waals surface area (Å²) in [5.41, 5.74) is 3.15. The second kappa shape index (κ2) is 7.04. The highest BCUT2D eigenvalue weighted by Crippen LogP contribution is 2.39. The fourth-order valence-corrected chi connectivity index (χ4v) is 2.81. The van der Waals surface area contributed by atoms with Gasteiger partial charge in [0, 0.05) is 5.56 Å². The van der Waals surface area contributed by atoms with Crippen molar-refractivity contribution in [1.29, 1.82) is 0 Å². The quantitative estimate of drug-likeness (QED) is 0.618. The number of fused-ring (bicyclic) bond motifs is 1. The monoisotopic (exact) mass is 352 g/mol. The van der Waals surface area contributed by atoms with Gasteiger partial charge in [-0.15, -0.1) is 0 Å². The third kappa shape index (κ3) is 3.33. The lowest BCUT2D eigenvalue weighted by atomic mass is 10.1. The summed E-state index contributed by atoms with van der Waals surface area (Å²) in [6.07, 6.45) is 0.975. The molecule has 26 heavy (non-hydrogen) atoms. The zero-order valence-electron chi connectivity index (χ0n) is 15.2. The van der Waals surface area contributed by atoms with E-state index in [0.717, 1.165) is 11.1 Å². The van der Waals surface area contributed by atoms with Crippen molar-refractivity contribution in [3.8, 4) is 11.5 Å². The summed E-state index contributed by atoms with van der Waals surface area (Å²) < 4.78 is 16.1. The molecule has 5 heteroatoms. The summed E-state index contributed by atoms with van der Waals surface area (Å²) in [7, 11) is 1.31. The molecule has 0 bridgehead atoms. The van der Waals surface area contributed by atoms with E-state index in [1.54, 1.807) is 32.1 Å². The van der Waals surface area contributed by atoms with Crippen molar-refractivity contribution in [2.75, 3.05) is 7.11 Å². The largest absolute Gasteiger partial charge is 0.479 e. The summed E-state index contributed by atoms with van der Waals surface area (Å²) in [6, 6.07) is 11.1. The number of carbonyl (C=O) groups excluding carboxylic acids is 2. The number of aryl methyl sites for hydroxylation is 1. The summed E-state index contributed by atoms with van der Waals surface area (Å²) in [4.78, 5) is 24.2. The summed E-state index contributed by atoms with van der Waals surface area (Å²) in [5, 5.41) is 0. The predicted octanol–water partition coefficient (Wildman–Crippen LogP) is 3.86. The highest BCUT2D eigenvalue weighted by Gasteiger charge is 2.30. The maximum Gasteiger partial charge on any atom is 0.346 e. The van der Waals surface area contributed by atoms with E-state index in [0.29, 0.717) is 22.6 Å². The van der Waals surface area contributed by atoms with Crippen molar-refractivity contribution in [2.45, 2.75) is 26.9 Å². The number of esters is 1. The van der Waals surface area contributed by atoms with E-state index in [2.05, 4.69) is 4.74 Å². The molecule has 1 aliphatic heterocycles. The molecule has 0 spiro atoms. The fraction of sp³-hybridized carbons (Fsp3) is 0.238. The third-order valence-corrected chi connectivity index (χ3v) is 4.21. The molecule has 1 aliphatic rings. The van der Waals surface area contributed by atoms with Crippen molar-refractivity contribution in [2.24, 2.45) is 0 Å². The lowest BCUT2D eigenvalue weighted by molar-refractivity contribution is -0.147. The normalized spacial score (nSPS) is 15.4. The standard InChI is InChI=1S/C21H20O5/c1-12-6-5-7-15(10-12)11-18-19(22)16-8-9-17(13(2)20(16)26-18)25-14(3)21(23)24-4/h5-11,14H,1-4H3/b18-11-. The van der Waals surface area contributed by atoms with Crippen LogP contribution in [0, 0.1) is 13.8 Å². The first-order chi connectivity index (χ1) is 12.4. The lowest BCUT2D eigenvalue weighted by Crippen LogP contribution is -2.25. The predicted molar refractivity (Wildman–Crippen MR) is 97.4 cm³/mol. The van der Waals surface area contributed by atoms with Gasteiger partial charge in [-0.05, 0) is 44.5 Å². The molecule has 0 N–H and O–H groups in total. The molecule has 1 heterocycles. The highest BCUT2D eigenvalue weighted by molar-refractivity contribution is 6.15. The minimum atomic E-state index is -0.754. The molecule has 0 fully saturated rings. The lowest BCUT2D eigenvalue weighted by Gasteiger charge is -2.15. The molecule has 2 aromatic rings. The van der Waals surface area contributed by atoms with Crippen LogP contribution in [-0.2, 0) is 9.53 Å². The molecule has 134 valence electrons. The van der Waals surface area contributed by atoms with Gasteiger partial charge in [-0.3, -0.25) is 4.79 Å². The van der Waals surface area contributed by atoms with E-state index >= 15 is 0 Å². The van der Waals surface area contributed by atoms with Crippen LogP contribution >= 0.6 is 0 Å². The van der Waals surface area contributed by atoms with Gasteiger partial charge in [-0.1, -0.05) is 29.8 Å². The van der Waals surface area contributed by atoms with Crippen LogP contribution in [0.1, 0.15) is 34.0 Å². The number of benzene rings is 2. The maximum atomic E-state index is 12.6. The first-order valence-corrected chi connectivity index (χ1v) is 8.29. The van der Waals surface area contributed by atoms with Gasteiger partial charge in [0.05, 0.1) is 12.7 Å². The van der Waals surface area contributed by atoms with Crippen molar-refractivity contribution >= 4 is 17.8 Å². The van der Waals surface area contributed by atoms with Gasteiger partial charge in [0.15, 0.2) is 11.9 Å². The van der Waals surface area contributed by atoms with Gasteiger partial charge >= 0.3 is 5.97 Å². The summed E-state index contributed by atoms with van der Waals surface area (Å²) >= 11 is 0. The van der Waals surface area contributed by atoms with Gasteiger partial charge in [0.1, 0.15) is 11.5 Å². The first kappa shape index (κ1) is 17.7. The van der Waals surface area contributed by atoms with E-state index in [4.69, 9.17) is 9.47 Å². The van der Waals surface area contributed by atoms with E-state index in [1.807, 2.05) is 31.2 Å². The van der Waals surface area contributed by atoms with Crippen molar-refractivity contribution in [3.05, 3.63) is 64.4 Å². The van der Waals surface area contributed by atoms with Crippen LogP contribution in [0.4, 0.5) is 0 Å². The maximum absolute atomic E-state index is 12.6. The molecular formula is C21H20O5. The molecule has 0 aliphatic carbocycles. The Morgan fingerprint density at radius 2 is 1.96 bits per heavy atom. The number of rotatable bonds is 4. The minimum absolute atomic E-state index is 0.169. The van der Waals surface area contributed by atoms with Crippen molar-refractivity contribution in [1.82, 2.24) is 0 Å². The van der Waals surface area contributed by atoms with E-state index in [9.17, 15) is 9.59 Å². The second-order valence-electron chi connectivity index (χ2n) is 6.20. The van der Waals surface area contributed by atoms with Gasteiger partial charge in [-0.25, -0.2) is 4.79 Å². The van der Waals surface area contributed by atoms with Crippen molar-refractivity contribution in [3.63, 3.8) is 0 Å². The Morgan fingerprint density at radius 1 is 1.19 bits per heavy atom. The van der Waals surface area contributed by atoms with Crippen LogP contribution in [0.3, 0.4) is 0 Å². The first-order valence-electron chi connectivity index (χ1n) is 8.29. The van der Waals surface area contributed by atoms with E-state index < -0.39 is 12.1 Å². The molecule has 1 atom stereocenters. The number of ketones is 1. The molecule has 0 aromatic heterocycles.